The Balaban J connectivity index is 1.92. The van der Waals surface area contributed by atoms with E-state index in [0.717, 1.165) is 31.2 Å². The summed E-state index contributed by atoms with van der Waals surface area (Å²) >= 11 is 0. The highest BCUT2D eigenvalue weighted by Gasteiger charge is 2.27. The Morgan fingerprint density at radius 1 is 1.20 bits per heavy atom. The van der Waals surface area contributed by atoms with Gasteiger partial charge < -0.3 is 10.8 Å². The first-order chi connectivity index (χ1) is 9.65. The highest BCUT2D eigenvalue weighted by Crippen LogP contribution is 2.32. The summed E-state index contributed by atoms with van der Waals surface area (Å²) in [6.07, 6.45) is 3.40. The van der Waals surface area contributed by atoms with Crippen LogP contribution in [0.15, 0.2) is 30.3 Å². The van der Waals surface area contributed by atoms with Gasteiger partial charge in [-0.2, -0.15) is 5.10 Å². The van der Waals surface area contributed by atoms with E-state index < -0.39 is 6.10 Å². The van der Waals surface area contributed by atoms with Crippen LogP contribution in [0.5, 0.6) is 0 Å². The summed E-state index contributed by atoms with van der Waals surface area (Å²) in [5, 5.41) is 14.6. The molecule has 1 heterocycles. The van der Waals surface area contributed by atoms with Crippen molar-refractivity contribution in [3.05, 3.63) is 36.1 Å². The van der Waals surface area contributed by atoms with Gasteiger partial charge in [-0.25, -0.2) is 9.07 Å². The first kappa shape index (κ1) is 13.1. The molecule has 1 saturated carbocycles. The number of benzene rings is 1. The van der Waals surface area contributed by atoms with Crippen molar-refractivity contribution in [1.82, 2.24) is 9.78 Å². The maximum atomic E-state index is 12.9. The maximum Gasteiger partial charge on any atom is 0.123 e. The largest absolute Gasteiger partial charge is 0.391 e. The summed E-state index contributed by atoms with van der Waals surface area (Å²) in [5.74, 6) is 0.263. The van der Waals surface area contributed by atoms with E-state index >= 15 is 0 Å². The van der Waals surface area contributed by atoms with Crippen molar-refractivity contribution in [1.29, 1.82) is 0 Å². The Labute approximate surface area is 117 Å². The Kier molecular flexibility index (Phi) is 3.44. The van der Waals surface area contributed by atoms with Crippen molar-refractivity contribution >= 4 is 5.82 Å². The first-order valence-electron chi connectivity index (χ1n) is 6.94. The zero-order valence-corrected chi connectivity index (χ0v) is 11.2. The number of aliphatic hydroxyl groups excluding tert-OH is 1. The summed E-state index contributed by atoms with van der Waals surface area (Å²) in [7, 11) is 0. The van der Waals surface area contributed by atoms with Gasteiger partial charge in [0.05, 0.1) is 17.8 Å². The zero-order chi connectivity index (χ0) is 14.1. The van der Waals surface area contributed by atoms with Crippen molar-refractivity contribution in [2.45, 2.75) is 37.8 Å². The summed E-state index contributed by atoms with van der Waals surface area (Å²) in [6, 6.07) is 7.88. The molecule has 2 aromatic rings. The summed E-state index contributed by atoms with van der Waals surface area (Å²) in [4.78, 5) is 0. The van der Waals surface area contributed by atoms with Gasteiger partial charge in [-0.3, -0.25) is 0 Å². The van der Waals surface area contributed by atoms with Gasteiger partial charge in [0.2, 0.25) is 0 Å². The van der Waals surface area contributed by atoms with Crippen LogP contribution in [0.3, 0.4) is 0 Å². The fourth-order valence-corrected chi connectivity index (χ4v) is 2.81. The average Bonchev–Trinajstić information content (AvgIpc) is 2.82. The van der Waals surface area contributed by atoms with Crippen LogP contribution in [-0.4, -0.2) is 21.0 Å². The van der Waals surface area contributed by atoms with Gasteiger partial charge in [-0.05, 0) is 37.1 Å². The number of rotatable bonds is 2. The van der Waals surface area contributed by atoms with Crippen LogP contribution in [-0.2, 0) is 0 Å². The quantitative estimate of drug-likeness (QED) is 0.885. The van der Waals surface area contributed by atoms with Crippen LogP contribution < -0.4 is 5.73 Å². The molecule has 2 atom stereocenters. The molecule has 20 heavy (non-hydrogen) atoms. The van der Waals surface area contributed by atoms with Crippen molar-refractivity contribution < 1.29 is 9.50 Å². The molecule has 0 bridgehead atoms. The predicted octanol–water partition coefficient (Wildman–Crippen LogP) is 2.75. The van der Waals surface area contributed by atoms with E-state index in [4.69, 9.17) is 5.73 Å². The lowest BCUT2D eigenvalue weighted by molar-refractivity contribution is 0.0707. The summed E-state index contributed by atoms with van der Waals surface area (Å²) in [5.41, 5.74) is 7.55. The lowest BCUT2D eigenvalue weighted by Gasteiger charge is -2.28. The molecule has 1 aromatic carbocycles. The smallest absolute Gasteiger partial charge is 0.123 e. The fraction of sp³-hybridized carbons (Fsp3) is 0.400. The molecule has 0 aliphatic heterocycles. The highest BCUT2D eigenvalue weighted by atomic mass is 19.1. The number of aromatic nitrogens is 2. The summed E-state index contributed by atoms with van der Waals surface area (Å²) in [6.45, 7) is 0. The third-order valence-corrected chi connectivity index (χ3v) is 3.91. The third kappa shape index (κ3) is 2.41. The molecule has 0 saturated heterocycles. The molecule has 1 aromatic heterocycles. The van der Waals surface area contributed by atoms with E-state index in [0.29, 0.717) is 11.5 Å². The van der Waals surface area contributed by atoms with Gasteiger partial charge in [0.1, 0.15) is 11.6 Å². The minimum absolute atomic E-state index is 0.0575. The number of hydrogen-bond donors (Lipinski definition) is 2. The second-order valence-corrected chi connectivity index (χ2v) is 5.33. The topological polar surface area (TPSA) is 64.1 Å². The van der Waals surface area contributed by atoms with Crippen LogP contribution in [0.4, 0.5) is 10.2 Å². The van der Waals surface area contributed by atoms with Crippen LogP contribution in [0.2, 0.25) is 0 Å². The average molecular weight is 275 g/mol. The van der Waals surface area contributed by atoms with Crippen molar-refractivity contribution in [2.24, 2.45) is 0 Å². The molecular weight excluding hydrogens is 257 g/mol. The maximum absolute atomic E-state index is 12.9. The lowest BCUT2D eigenvalue weighted by Crippen LogP contribution is -2.29. The number of nitrogens with zero attached hydrogens (tertiary/aromatic N) is 2. The van der Waals surface area contributed by atoms with Crippen molar-refractivity contribution in [3.8, 4) is 11.3 Å². The second-order valence-electron chi connectivity index (χ2n) is 5.33. The molecule has 1 aliphatic rings. The number of halogens is 1. The van der Waals surface area contributed by atoms with Crippen molar-refractivity contribution in [2.75, 3.05) is 5.73 Å². The molecule has 0 amide bonds. The van der Waals surface area contributed by atoms with Gasteiger partial charge in [0.15, 0.2) is 0 Å². The Hall–Kier alpha value is -1.88. The number of nitrogens with two attached hydrogens (primary N) is 1. The van der Waals surface area contributed by atoms with E-state index in [1.54, 1.807) is 22.9 Å². The van der Waals surface area contributed by atoms with Crippen LogP contribution >= 0.6 is 0 Å². The van der Waals surface area contributed by atoms with Gasteiger partial charge in [0, 0.05) is 11.6 Å². The number of aliphatic hydroxyl groups is 1. The zero-order valence-electron chi connectivity index (χ0n) is 11.2. The minimum atomic E-state index is -0.396. The molecule has 3 rings (SSSR count). The summed E-state index contributed by atoms with van der Waals surface area (Å²) < 4.78 is 14.7. The van der Waals surface area contributed by atoms with Crippen LogP contribution in [0.25, 0.3) is 11.3 Å². The lowest BCUT2D eigenvalue weighted by atomic mass is 9.93. The van der Waals surface area contributed by atoms with Crippen molar-refractivity contribution in [3.63, 3.8) is 0 Å². The Morgan fingerprint density at radius 2 is 1.90 bits per heavy atom. The van der Waals surface area contributed by atoms with E-state index in [9.17, 15) is 9.50 Å². The van der Waals surface area contributed by atoms with Gasteiger partial charge >= 0.3 is 0 Å². The number of anilines is 1. The molecule has 2 unspecified atom stereocenters. The normalized spacial score (nSPS) is 22.9. The molecule has 0 radical (unpaired) electrons. The molecule has 5 heteroatoms. The van der Waals surface area contributed by atoms with Gasteiger partial charge in [-0.15, -0.1) is 0 Å². The van der Waals surface area contributed by atoms with Crippen LogP contribution in [0.1, 0.15) is 31.7 Å². The molecule has 3 N–H and O–H groups in total. The van der Waals surface area contributed by atoms with Gasteiger partial charge in [0.25, 0.3) is 0 Å². The van der Waals surface area contributed by atoms with E-state index in [-0.39, 0.29) is 11.9 Å². The minimum Gasteiger partial charge on any atom is -0.391 e. The van der Waals surface area contributed by atoms with E-state index in [2.05, 4.69) is 5.10 Å². The van der Waals surface area contributed by atoms with E-state index in [1.165, 1.54) is 12.1 Å². The second kappa shape index (κ2) is 5.25. The first-order valence-corrected chi connectivity index (χ1v) is 6.94. The monoisotopic (exact) mass is 275 g/mol. The number of nitrogen functional groups attached to an aromatic ring is 1. The standard InChI is InChI=1S/C15H18FN3O/c16-11-7-5-10(6-8-11)12-9-15(17)19(18-12)13-3-1-2-4-14(13)20/h5-9,13-14,20H,1-4,17H2. The van der Waals surface area contributed by atoms with E-state index in [1.807, 2.05) is 0 Å². The van der Waals surface area contributed by atoms with Gasteiger partial charge in [-0.1, -0.05) is 12.8 Å². The number of hydrogen-bond acceptors (Lipinski definition) is 3. The third-order valence-electron chi connectivity index (χ3n) is 3.91. The SMILES string of the molecule is Nc1cc(-c2ccc(F)cc2)nn1C1CCCCC1O. The Morgan fingerprint density at radius 3 is 2.60 bits per heavy atom. The highest BCUT2D eigenvalue weighted by molar-refractivity contribution is 5.62. The molecule has 1 fully saturated rings. The molecule has 0 spiro atoms. The molecule has 1 aliphatic carbocycles. The van der Waals surface area contributed by atoms with Crippen LogP contribution in [0, 0.1) is 5.82 Å². The predicted molar refractivity (Wildman–Crippen MR) is 75.5 cm³/mol. The molecular formula is C15H18FN3O. The molecule has 4 nitrogen and oxygen atoms in total. The molecule has 106 valence electrons. The Bertz CT molecular complexity index is 594. The fourth-order valence-electron chi connectivity index (χ4n) is 2.81.